The normalized spacial score (nSPS) is 14.6. The third-order valence-corrected chi connectivity index (χ3v) is 4.21. The van der Waals surface area contributed by atoms with Crippen LogP contribution in [0.1, 0.15) is 18.4 Å². The van der Waals surface area contributed by atoms with Crippen LogP contribution in [-0.2, 0) is 7.05 Å². The average molecular weight is 336 g/mol. The molecule has 2 N–H and O–H groups in total. The van der Waals surface area contributed by atoms with Crippen molar-refractivity contribution in [1.29, 1.82) is 0 Å². The number of aromatic nitrogens is 2. The van der Waals surface area contributed by atoms with Gasteiger partial charge in [-0.2, -0.15) is 5.10 Å². The highest BCUT2D eigenvalue weighted by atomic mass is 79.9. The second-order valence-electron chi connectivity index (χ2n) is 5.44. The summed E-state index contributed by atoms with van der Waals surface area (Å²) in [5.74, 6) is 2.23. The second-order valence-corrected chi connectivity index (χ2v) is 6.30. The molecule has 1 aliphatic rings. The Labute approximate surface area is 127 Å². The minimum Gasteiger partial charge on any atom is -0.491 e. The predicted molar refractivity (Wildman–Crippen MR) is 83.7 cm³/mol. The topological polar surface area (TPSA) is 53.1 Å². The average Bonchev–Trinajstić information content (AvgIpc) is 3.15. The van der Waals surface area contributed by atoms with Gasteiger partial charge >= 0.3 is 0 Å². The molecule has 20 heavy (non-hydrogen) atoms. The van der Waals surface area contributed by atoms with Gasteiger partial charge in [-0.3, -0.25) is 4.68 Å². The van der Waals surface area contributed by atoms with Crippen LogP contribution in [0.25, 0.3) is 11.1 Å². The summed E-state index contributed by atoms with van der Waals surface area (Å²) in [6, 6.07) is 4.17. The summed E-state index contributed by atoms with van der Waals surface area (Å²) in [6.07, 6.45) is 4.34. The molecule has 0 radical (unpaired) electrons. The number of aryl methyl sites for hydroxylation is 2. The van der Waals surface area contributed by atoms with E-state index in [1.54, 1.807) is 10.9 Å². The number of halogens is 1. The third-order valence-electron chi connectivity index (χ3n) is 3.62. The summed E-state index contributed by atoms with van der Waals surface area (Å²) in [6.45, 7) is 2.83. The molecule has 4 nitrogen and oxygen atoms in total. The zero-order valence-electron chi connectivity index (χ0n) is 11.7. The van der Waals surface area contributed by atoms with Crippen LogP contribution in [0.3, 0.4) is 0 Å². The molecule has 0 atom stereocenters. The Hall–Kier alpha value is -1.49. The van der Waals surface area contributed by atoms with Crippen LogP contribution in [0.4, 0.5) is 5.82 Å². The van der Waals surface area contributed by atoms with E-state index in [4.69, 9.17) is 10.5 Å². The monoisotopic (exact) mass is 335 g/mol. The minimum atomic E-state index is 0.652. The van der Waals surface area contributed by atoms with E-state index in [1.807, 2.05) is 7.05 Å². The summed E-state index contributed by atoms with van der Waals surface area (Å²) >= 11 is 3.60. The number of benzene rings is 1. The maximum atomic E-state index is 6.10. The summed E-state index contributed by atoms with van der Waals surface area (Å²) in [7, 11) is 1.84. The first-order chi connectivity index (χ1) is 9.56. The minimum absolute atomic E-state index is 0.652. The first kappa shape index (κ1) is 13.5. The van der Waals surface area contributed by atoms with Gasteiger partial charge in [0.1, 0.15) is 11.6 Å². The fourth-order valence-electron chi connectivity index (χ4n) is 2.22. The first-order valence-corrected chi connectivity index (χ1v) is 7.56. The van der Waals surface area contributed by atoms with E-state index in [2.05, 4.69) is 40.1 Å². The number of anilines is 1. The van der Waals surface area contributed by atoms with E-state index in [-0.39, 0.29) is 0 Å². The Bertz CT molecular complexity index is 647. The maximum Gasteiger partial charge on any atom is 0.141 e. The van der Waals surface area contributed by atoms with E-state index in [9.17, 15) is 0 Å². The van der Waals surface area contributed by atoms with Gasteiger partial charge in [-0.1, -0.05) is 0 Å². The van der Waals surface area contributed by atoms with Crippen LogP contribution >= 0.6 is 15.9 Å². The fourth-order valence-corrected chi connectivity index (χ4v) is 2.91. The molecule has 1 fully saturated rings. The van der Waals surface area contributed by atoms with E-state index in [0.717, 1.165) is 33.5 Å². The van der Waals surface area contributed by atoms with Gasteiger partial charge in [0.25, 0.3) is 0 Å². The Morgan fingerprint density at radius 2 is 2.15 bits per heavy atom. The lowest BCUT2D eigenvalue weighted by Crippen LogP contribution is -2.03. The molecule has 0 aliphatic heterocycles. The highest BCUT2D eigenvalue weighted by Crippen LogP contribution is 2.41. The molecule has 0 saturated heterocycles. The molecule has 106 valence electrons. The van der Waals surface area contributed by atoms with E-state index >= 15 is 0 Å². The molecule has 1 aromatic heterocycles. The van der Waals surface area contributed by atoms with Crippen LogP contribution < -0.4 is 10.5 Å². The smallest absolute Gasteiger partial charge is 0.141 e. The van der Waals surface area contributed by atoms with Crippen molar-refractivity contribution in [3.05, 3.63) is 28.4 Å². The van der Waals surface area contributed by atoms with Crippen LogP contribution in [0, 0.1) is 12.8 Å². The van der Waals surface area contributed by atoms with Crippen molar-refractivity contribution in [2.24, 2.45) is 13.0 Å². The molecule has 0 unspecified atom stereocenters. The zero-order chi connectivity index (χ0) is 14.3. The lowest BCUT2D eigenvalue weighted by atomic mass is 10.0. The van der Waals surface area contributed by atoms with Gasteiger partial charge < -0.3 is 10.5 Å². The van der Waals surface area contributed by atoms with Crippen LogP contribution in [0.5, 0.6) is 5.75 Å². The van der Waals surface area contributed by atoms with Crippen molar-refractivity contribution >= 4 is 21.7 Å². The maximum absolute atomic E-state index is 6.10. The summed E-state index contributed by atoms with van der Waals surface area (Å²) in [4.78, 5) is 0. The summed E-state index contributed by atoms with van der Waals surface area (Å²) < 4.78 is 8.67. The molecule has 0 amide bonds. The molecule has 0 bridgehead atoms. The molecular weight excluding hydrogens is 318 g/mol. The molecule has 5 heteroatoms. The Kier molecular flexibility index (Phi) is 3.46. The molecular formula is C15H18BrN3O. The number of nitrogens with zero attached hydrogens (tertiary/aromatic N) is 2. The van der Waals surface area contributed by atoms with E-state index < -0.39 is 0 Å². The lowest BCUT2D eigenvalue weighted by Gasteiger charge is -2.14. The van der Waals surface area contributed by atoms with Crippen LogP contribution in [0.2, 0.25) is 0 Å². The standard InChI is InChI=1S/C15H18BrN3O/c1-9-5-11(12-7-18-19(2)15(12)17)14(13(16)6-9)20-8-10-3-4-10/h5-7,10H,3-4,8,17H2,1-2H3. The van der Waals surface area contributed by atoms with Crippen molar-refractivity contribution in [3.8, 4) is 16.9 Å². The second kappa shape index (κ2) is 5.13. The summed E-state index contributed by atoms with van der Waals surface area (Å²) in [5.41, 5.74) is 9.18. The first-order valence-electron chi connectivity index (χ1n) is 6.77. The zero-order valence-corrected chi connectivity index (χ0v) is 13.3. The van der Waals surface area contributed by atoms with Gasteiger partial charge in [0.2, 0.25) is 0 Å². The number of hydrogen-bond donors (Lipinski definition) is 1. The van der Waals surface area contributed by atoms with Gasteiger partial charge in [-0.15, -0.1) is 0 Å². The molecule has 1 aliphatic carbocycles. The molecule has 3 rings (SSSR count). The Morgan fingerprint density at radius 1 is 1.40 bits per heavy atom. The number of rotatable bonds is 4. The predicted octanol–water partition coefficient (Wildman–Crippen LogP) is 3.53. The number of ether oxygens (including phenoxy) is 1. The largest absolute Gasteiger partial charge is 0.491 e. The van der Waals surface area contributed by atoms with Gasteiger partial charge in [0, 0.05) is 18.2 Å². The van der Waals surface area contributed by atoms with Crippen molar-refractivity contribution in [2.75, 3.05) is 12.3 Å². The number of hydrogen-bond acceptors (Lipinski definition) is 3. The quantitative estimate of drug-likeness (QED) is 0.929. The van der Waals surface area contributed by atoms with Crippen molar-refractivity contribution in [1.82, 2.24) is 9.78 Å². The Morgan fingerprint density at radius 3 is 2.75 bits per heavy atom. The highest BCUT2D eigenvalue weighted by Gasteiger charge is 2.24. The van der Waals surface area contributed by atoms with E-state index in [1.165, 1.54) is 12.8 Å². The number of nitrogen functional groups attached to an aromatic ring is 1. The molecule has 1 aromatic carbocycles. The van der Waals surface area contributed by atoms with Crippen molar-refractivity contribution in [2.45, 2.75) is 19.8 Å². The van der Waals surface area contributed by atoms with Gasteiger partial charge in [0.05, 0.1) is 17.3 Å². The van der Waals surface area contributed by atoms with E-state index in [0.29, 0.717) is 11.7 Å². The SMILES string of the molecule is Cc1cc(Br)c(OCC2CC2)c(-c2cnn(C)c2N)c1. The molecule has 0 spiro atoms. The third kappa shape index (κ3) is 2.54. The van der Waals surface area contributed by atoms with Gasteiger partial charge in [0.15, 0.2) is 0 Å². The molecule has 1 saturated carbocycles. The molecule has 1 heterocycles. The lowest BCUT2D eigenvalue weighted by molar-refractivity contribution is 0.299. The summed E-state index contributed by atoms with van der Waals surface area (Å²) in [5, 5.41) is 4.22. The fraction of sp³-hybridized carbons (Fsp3) is 0.400. The van der Waals surface area contributed by atoms with Crippen LogP contribution in [0.15, 0.2) is 22.8 Å². The molecule has 2 aromatic rings. The Balaban J connectivity index is 2.04. The van der Waals surface area contributed by atoms with Crippen molar-refractivity contribution in [3.63, 3.8) is 0 Å². The highest BCUT2D eigenvalue weighted by molar-refractivity contribution is 9.10. The van der Waals surface area contributed by atoms with Gasteiger partial charge in [-0.25, -0.2) is 0 Å². The van der Waals surface area contributed by atoms with Crippen molar-refractivity contribution < 1.29 is 4.74 Å². The number of nitrogens with two attached hydrogens (primary N) is 1. The van der Waals surface area contributed by atoms with Crippen LogP contribution in [-0.4, -0.2) is 16.4 Å². The van der Waals surface area contributed by atoms with Gasteiger partial charge in [-0.05, 0) is 59.3 Å².